The second-order valence-corrected chi connectivity index (χ2v) is 4.56. The van der Waals surface area contributed by atoms with E-state index in [4.69, 9.17) is 0 Å². The Bertz CT molecular complexity index is 412. The maximum absolute atomic E-state index is 11.9. The predicted octanol–water partition coefficient (Wildman–Crippen LogP) is 2.03. The van der Waals surface area contributed by atoms with Gasteiger partial charge in [0.2, 0.25) is 0 Å². The summed E-state index contributed by atoms with van der Waals surface area (Å²) in [5.74, 6) is 0. The molecule has 0 spiro atoms. The van der Waals surface area contributed by atoms with Gasteiger partial charge in [-0.3, -0.25) is 0 Å². The lowest BCUT2D eigenvalue weighted by Crippen LogP contribution is -2.42. The van der Waals surface area contributed by atoms with Gasteiger partial charge in [0.25, 0.3) is 0 Å². The molecule has 0 aliphatic carbocycles. The van der Waals surface area contributed by atoms with Crippen LogP contribution in [0.4, 0.5) is 4.79 Å². The highest BCUT2D eigenvalue weighted by molar-refractivity contribution is 5.74. The Morgan fingerprint density at radius 3 is 2.81 bits per heavy atom. The molecule has 3 nitrogen and oxygen atoms in total. The summed E-state index contributed by atoms with van der Waals surface area (Å²) >= 11 is 0. The van der Waals surface area contributed by atoms with Crippen LogP contribution in [0.15, 0.2) is 18.2 Å². The molecule has 0 saturated heterocycles. The van der Waals surface area contributed by atoms with Crippen LogP contribution in [0.25, 0.3) is 0 Å². The maximum atomic E-state index is 11.9. The molecular weight excluding hydrogens is 200 g/mol. The van der Waals surface area contributed by atoms with E-state index < -0.39 is 0 Å². The first-order valence-electron chi connectivity index (χ1n) is 5.63. The summed E-state index contributed by atoms with van der Waals surface area (Å²) in [5, 5.41) is 0. The summed E-state index contributed by atoms with van der Waals surface area (Å²) in [4.78, 5) is 15.4. The van der Waals surface area contributed by atoms with Gasteiger partial charge in [0.1, 0.15) is 0 Å². The van der Waals surface area contributed by atoms with Gasteiger partial charge in [0.15, 0.2) is 0 Å². The van der Waals surface area contributed by atoms with Gasteiger partial charge >= 0.3 is 6.03 Å². The molecule has 0 bridgehead atoms. The highest BCUT2D eigenvalue weighted by Gasteiger charge is 2.22. The number of carbonyl (C=O) groups is 1. The minimum Gasteiger partial charge on any atom is -0.331 e. The smallest absolute Gasteiger partial charge is 0.319 e. The van der Waals surface area contributed by atoms with Crippen molar-refractivity contribution in [2.45, 2.75) is 19.9 Å². The summed E-state index contributed by atoms with van der Waals surface area (Å²) in [6.07, 6.45) is 0.969. The average Bonchev–Trinajstić information content (AvgIpc) is 2.28. The lowest BCUT2D eigenvalue weighted by atomic mass is 9.96. The zero-order chi connectivity index (χ0) is 11.7. The average molecular weight is 218 g/mol. The molecular formula is C13H18N2O. The van der Waals surface area contributed by atoms with Crippen molar-refractivity contribution in [2.24, 2.45) is 0 Å². The van der Waals surface area contributed by atoms with Crippen LogP contribution in [0.3, 0.4) is 0 Å². The Balaban J connectivity index is 2.23. The van der Waals surface area contributed by atoms with Crippen LogP contribution in [-0.4, -0.2) is 36.5 Å². The molecule has 16 heavy (non-hydrogen) atoms. The number of rotatable bonds is 0. The first-order chi connectivity index (χ1) is 7.59. The van der Waals surface area contributed by atoms with Gasteiger partial charge in [0, 0.05) is 27.2 Å². The molecule has 1 aliphatic rings. The fourth-order valence-corrected chi connectivity index (χ4v) is 2.19. The van der Waals surface area contributed by atoms with Crippen molar-refractivity contribution in [3.8, 4) is 0 Å². The summed E-state index contributed by atoms with van der Waals surface area (Å²) in [7, 11) is 3.60. The molecule has 0 saturated carbocycles. The van der Waals surface area contributed by atoms with Crippen LogP contribution >= 0.6 is 0 Å². The lowest BCUT2D eigenvalue weighted by molar-refractivity contribution is 0.165. The number of hydrogen-bond donors (Lipinski definition) is 0. The Morgan fingerprint density at radius 1 is 1.38 bits per heavy atom. The number of hydrogen-bond acceptors (Lipinski definition) is 1. The second kappa shape index (κ2) is 4.16. The van der Waals surface area contributed by atoms with Crippen molar-refractivity contribution in [3.05, 3.63) is 34.9 Å². The second-order valence-electron chi connectivity index (χ2n) is 4.56. The van der Waals surface area contributed by atoms with Crippen LogP contribution in [0, 0.1) is 6.92 Å². The van der Waals surface area contributed by atoms with Gasteiger partial charge in [0.05, 0.1) is 0 Å². The number of amides is 2. The van der Waals surface area contributed by atoms with Gasteiger partial charge in [-0.15, -0.1) is 0 Å². The van der Waals surface area contributed by atoms with E-state index in [2.05, 4.69) is 25.1 Å². The molecule has 1 heterocycles. The first kappa shape index (κ1) is 11.0. The molecule has 2 amide bonds. The van der Waals surface area contributed by atoms with Crippen molar-refractivity contribution >= 4 is 6.03 Å². The number of urea groups is 1. The minimum atomic E-state index is 0.105. The SMILES string of the molecule is Cc1cccc2c1CN(C(=O)N(C)C)CC2. The van der Waals surface area contributed by atoms with E-state index in [9.17, 15) is 4.79 Å². The monoisotopic (exact) mass is 218 g/mol. The normalized spacial score (nSPS) is 14.6. The van der Waals surface area contributed by atoms with Crippen LogP contribution in [0.2, 0.25) is 0 Å². The molecule has 0 fully saturated rings. The van der Waals surface area contributed by atoms with Crippen molar-refractivity contribution in [1.29, 1.82) is 0 Å². The molecule has 3 heteroatoms. The van der Waals surface area contributed by atoms with E-state index >= 15 is 0 Å². The molecule has 1 aliphatic heterocycles. The van der Waals surface area contributed by atoms with E-state index in [1.54, 1.807) is 19.0 Å². The molecule has 86 valence electrons. The zero-order valence-electron chi connectivity index (χ0n) is 10.2. The third-order valence-electron chi connectivity index (χ3n) is 3.16. The summed E-state index contributed by atoms with van der Waals surface area (Å²) in [6, 6.07) is 6.48. The van der Waals surface area contributed by atoms with E-state index in [1.165, 1.54) is 16.7 Å². The number of nitrogens with zero attached hydrogens (tertiary/aromatic N) is 2. The molecule has 1 aromatic rings. The van der Waals surface area contributed by atoms with E-state index in [0.717, 1.165) is 19.5 Å². The van der Waals surface area contributed by atoms with Gasteiger partial charge in [-0.25, -0.2) is 4.79 Å². The van der Waals surface area contributed by atoms with E-state index in [0.29, 0.717) is 0 Å². The molecule has 0 radical (unpaired) electrons. The summed E-state index contributed by atoms with van der Waals surface area (Å²) in [5.41, 5.74) is 4.00. The molecule has 0 atom stereocenters. The highest BCUT2D eigenvalue weighted by atomic mass is 16.2. The van der Waals surface area contributed by atoms with Gasteiger partial charge in [-0.2, -0.15) is 0 Å². The van der Waals surface area contributed by atoms with E-state index in [1.807, 2.05) is 4.90 Å². The Hall–Kier alpha value is -1.51. The van der Waals surface area contributed by atoms with Gasteiger partial charge in [-0.05, 0) is 30.0 Å². The van der Waals surface area contributed by atoms with Gasteiger partial charge in [-0.1, -0.05) is 18.2 Å². The Labute approximate surface area is 96.7 Å². The highest BCUT2D eigenvalue weighted by Crippen LogP contribution is 2.22. The lowest BCUT2D eigenvalue weighted by Gasteiger charge is -2.31. The van der Waals surface area contributed by atoms with Crippen LogP contribution in [0.5, 0.6) is 0 Å². The number of benzene rings is 1. The number of fused-ring (bicyclic) bond motifs is 1. The Kier molecular flexibility index (Phi) is 2.86. The molecule has 0 N–H and O–H groups in total. The van der Waals surface area contributed by atoms with Crippen molar-refractivity contribution in [2.75, 3.05) is 20.6 Å². The number of carbonyl (C=O) groups excluding carboxylic acids is 1. The molecule has 2 rings (SSSR count). The standard InChI is InChI=1S/C13H18N2O/c1-10-5-4-6-11-7-8-15(9-12(10)11)13(16)14(2)3/h4-6H,7-9H2,1-3H3. The molecule has 1 aromatic carbocycles. The van der Waals surface area contributed by atoms with Crippen LogP contribution < -0.4 is 0 Å². The van der Waals surface area contributed by atoms with Crippen LogP contribution in [0.1, 0.15) is 16.7 Å². The van der Waals surface area contributed by atoms with Crippen LogP contribution in [-0.2, 0) is 13.0 Å². The largest absolute Gasteiger partial charge is 0.331 e. The quantitative estimate of drug-likeness (QED) is 0.653. The Morgan fingerprint density at radius 2 is 2.12 bits per heavy atom. The summed E-state index contributed by atoms with van der Waals surface area (Å²) < 4.78 is 0. The van der Waals surface area contributed by atoms with E-state index in [-0.39, 0.29) is 6.03 Å². The maximum Gasteiger partial charge on any atom is 0.319 e. The molecule has 0 unspecified atom stereocenters. The zero-order valence-corrected chi connectivity index (χ0v) is 10.2. The topological polar surface area (TPSA) is 23.6 Å². The molecule has 0 aromatic heterocycles. The van der Waals surface area contributed by atoms with Gasteiger partial charge < -0.3 is 9.80 Å². The number of aryl methyl sites for hydroxylation is 1. The fourth-order valence-electron chi connectivity index (χ4n) is 2.19. The third kappa shape index (κ3) is 1.90. The first-order valence-corrected chi connectivity index (χ1v) is 5.63. The predicted molar refractivity (Wildman–Crippen MR) is 64.4 cm³/mol. The van der Waals surface area contributed by atoms with Crippen molar-refractivity contribution in [3.63, 3.8) is 0 Å². The minimum absolute atomic E-state index is 0.105. The van der Waals surface area contributed by atoms with Crippen molar-refractivity contribution < 1.29 is 4.79 Å². The summed E-state index contributed by atoms with van der Waals surface area (Å²) in [6.45, 7) is 3.69. The fraction of sp³-hybridized carbons (Fsp3) is 0.462. The van der Waals surface area contributed by atoms with Crippen molar-refractivity contribution in [1.82, 2.24) is 9.80 Å². The third-order valence-corrected chi connectivity index (χ3v) is 3.16.